The second-order valence-electron chi connectivity index (χ2n) is 6.11. The summed E-state index contributed by atoms with van der Waals surface area (Å²) in [5.41, 5.74) is 2.99. The number of aryl methyl sites for hydroxylation is 1. The average Bonchev–Trinajstić information content (AvgIpc) is 3.38. The normalized spacial score (nSPS) is 13.6. The van der Waals surface area contributed by atoms with Gasteiger partial charge in [-0.15, -0.1) is 0 Å². The molecule has 3 rings (SSSR count). The third kappa shape index (κ3) is 5.08. The fourth-order valence-corrected chi connectivity index (χ4v) is 2.75. The lowest BCUT2D eigenvalue weighted by Gasteiger charge is -2.13. The molecule has 24 heavy (non-hydrogen) atoms. The smallest absolute Gasteiger partial charge is 0.262 e. The predicted octanol–water partition coefficient (Wildman–Crippen LogP) is 4.03. The lowest BCUT2D eigenvalue weighted by molar-refractivity contribution is -0.118. The van der Waals surface area contributed by atoms with Crippen molar-refractivity contribution in [2.24, 2.45) is 0 Å². The monoisotopic (exact) mass is 388 g/mol. The molecule has 1 amide bonds. The van der Waals surface area contributed by atoms with Crippen LogP contribution in [0.4, 0.5) is 5.69 Å². The van der Waals surface area contributed by atoms with Gasteiger partial charge in [-0.3, -0.25) is 4.79 Å². The molecule has 0 aromatic heterocycles. The summed E-state index contributed by atoms with van der Waals surface area (Å²) < 4.78 is 6.74. The van der Waals surface area contributed by atoms with E-state index in [2.05, 4.69) is 26.6 Å². The predicted molar refractivity (Wildman–Crippen MR) is 99.3 cm³/mol. The molecule has 0 heterocycles. The number of nitrogens with one attached hydrogen (secondary N) is 2. The number of rotatable bonds is 7. The van der Waals surface area contributed by atoms with Gasteiger partial charge in [0.15, 0.2) is 6.61 Å². The standard InChI is InChI=1S/C19H21BrN2O2/c1-13-2-5-17(6-3-13)22-19(23)12-24-18-9-4-15(20)10-14(18)11-21-16-7-8-16/h2-6,9-10,16,21H,7-8,11-12H2,1H3,(H,22,23). The Kier molecular flexibility index (Phi) is 5.53. The minimum atomic E-state index is -0.164. The van der Waals surface area contributed by atoms with E-state index in [0.29, 0.717) is 6.04 Å². The molecule has 0 spiro atoms. The van der Waals surface area contributed by atoms with E-state index in [1.54, 1.807) is 0 Å². The van der Waals surface area contributed by atoms with Crippen LogP contribution >= 0.6 is 15.9 Å². The molecule has 5 heteroatoms. The second-order valence-corrected chi connectivity index (χ2v) is 7.03. The molecule has 0 unspecified atom stereocenters. The topological polar surface area (TPSA) is 50.4 Å². The molecule has 0 atom stereocenters. The third-order valence-electron chi connectivity index (χ3n) is 3.88. The van der Waals surface area contributed by atoms with Crippen LogP contribution in [0.3, 0.4) is 0 Å². The number of halogens is 1. The van der Waals surface area contributed by atoms with Crippen LogP contribution in [0.5, 0.6) is 5.75 Å². The average molecular weight is 389 g/mol. The van der Waals surface area contributed by atoms with Crippen LogP contribution in [0.15, 0.2) is 46.9 Å². The molecule has 0 bridgehead atoms. The van der Waals surface area contributed by atoms with Crippen LogP contribution in [-0.2, 0) is 11.3 Å². The maximum absolute atomic E-state index is 12.1. The highest BCUT2D eigenvalue weighted by molar-refractivity contribution is 9.10. The summed E-state index contributed by atoms with van der Waals surface area (Å²) in [6, 6.07) is 14.2. The van der Waals surface area contributed by atoms with E-state index in [4.69, 9.17) is 4.74 Å². The Balaban J connectivity index is 1.56. The quantitative estimate of drug-likeness (QED) is 0.752. The van der Waals surface area contributed by atoms with E-state index in [9.17, 15) is 4.79 Å². The lowest BCUT2D eigenvalue weighted by Crippen LogP contribution is -2.21. The van der Waals surface area contributed by atoms with Crippen molar-refractivity contribution in [3.8, 4) is 5.75 Å². The van der Waals surface area contributed by atoms with Crippen LogP contribution in [0.2, 0.25) is 0 Å². The van der Waals surface area contributed by atoms with Gasteiger partial charge in [-0.25, -0.2) is 0 Å². The summed E-state index contributed by atoms with van der Waals surface area (Å²) in [6.07, 6.45) is 2.48. The fourth-order valence-electron chi connectivity index (χ4n) is 2.35. The molecule has 126 valence electrons. The Morgan fingerprint density at radius 2 is 1.96 bits per heavy atom. The number of benzene rings is 2. The van der Waals surface area contributed by atoms with E-state index in [1.165, 1.54) is 12.8 Å². The Morgan fingerprint density at radius 1 is 1.21 bits per heavy atom. The van der Waals surface area contributed by atoms with Crippen molar-refractivity contribution in [2.75, 3.05) is 11.9 Å². The molecular formula is C19H21BrN2O2. The van der Waals surface area contributed by atoms with Crippen LogP contribution in [0.1, 0.15) is 24.0 Å². The Labute approximate surface area is 150 Å². The molecular weight excluding hydrogens is 368 g/mol. The number of hydrogen-bond acceptors (Lipinski definition) is 3. The summed E-state index contributed by atoms with van der Waals surface area (Å²) in [7, 11) is 0. The van der Waals surface area contributed by atoms with Gasteiger partial charge >= 0.3 is 0 Å². The molecule has 2 aromatic carbocycles. The van der Waals surface area contributed by atoms with Crippen molar-refractivity contribution in [1.82, 2.24) is 5.32 Å². The van der Waals surface area contributed by atoms with E-state index < -0.39 is 0 Å². The SMILES string of the molecule is Cc1ccc(NC(=O)COc2ccc(Br)cc2CNC2CC2)cc1. The molecule has 0 aliphatic heterocycles. The molecule has 0 saturated heterocycles. The van der Waals surface area contributed by atoms with Crippen LogP contribution in [-0.4, -0.2) is 18.6 Å². The number of carbonyl (C=O) groups is 1. The van der Waals surface area contributed by atoms with Gasteiger partial charge in [0.1, 0.15) is 5.75 Å². The Hall–Kier alpha value is -1.85. The first-order valence-electron chi connectivity index (χ1n) is 8.11. The van der Waals surface area contributed by atoms with Crippen molar-refractivity contribution >= 4 is 27.5 Å². The van der Waals surface area contributed by atoms with Gasteiger partial charge in [-0.1, -0.05) is 33.6 Å². The first kappa shape index (κ1) is 17.0. The fraction of sp³-hybridized carbons (Fsp3) is 0.316. The molecule has 2 N–H and O–H groups in total. The van der Waals surface area contributed by atoms with Gasteiger partial charge in [0.05, 0.1) is 0 Å². The molecule has 1 fully saturated rings. The van der Waals surface area contributed by atoms with E-state index in [1.807, 2.05) is 49.4 Å². The minimum Gasteiger partial charge on any atom is -0.483 e. The van der Waals surface area contributed by atoms with Gasteiger partial charge in [-0.05, 0) is 50.1 Å². The van der Waals surface area contributed by atoms with Crippen molar-refractivity contribution in [2.45, 2.75) is 32.4 Å². The first-order chi connectivity index (χ1) is 11.6. The van der Waals surface area contributed by atoms with Crippen molar-refractivity contribution in [3.63, 3.8) is 0 Å². The zero-order valence-electron chi connectivity index (χ0n) is 13.6. The summed E-state index contributed by atoms with van der Waals surface area (Å²) in [6.45, 7) is 2.75. The third-order valence-corrected chi connectivity index (χ3v) is 4.37. The van der Waals surface area contributed by atoms with Crippen LogP contribution in [0, 0.1) is 6.92 Å². The van der Waals surface area contributed by atoms with Gasteiger partial charge in [0, 0.05) is 28.3 Å². The zero-order chi connectivity index (χ0) is 16.9. The molecule has 0 radical (unpaired) electrons. The maximum Gasteiger partial charge on any atom is 0.262 e. The Bertz CT molecular complexity index is 712. The number of anilines is 1. The molecule has 4 nitrogen and oxygen atoms in total. The zero-order valence-corrected chi connectivity index (χ0v) is 15.2. The highest BCUT2D eigenvalue weighted by atomic mass is 79.9. The maximum atomic E-state index is 12.1. The molecule has 1 saturated carbocycles. The summed E-state index contributed by atoms with van der Waals surface area (Å²) in [5, 5.41) is 6.31. The van der Waals surface area contributed by atoms with Gasteiger partial charge in [-0.2, -0.15) is 0 Å². The summed E-state index contributed by atoms with van der Waals surface area (Å²) in [5.74, 6) is 0.577. The van der Waals surface area contributed by atoms with Crippen LogP contribution in [0.25, 0.3) is 0 Å². The summed E-state index contributed by atoms with van der Waals surface area (Å²) >= 11 is 3.49. The van der Waals surface area contributed by atoms with Crippen molar-refractivity contribution in [3.05, 3.63) is 58.1 Å². The van der Waals surface area contributed by atoms with Crippen molar-refractivity contribution < 1.29 is 9.53 Å². The first-order valence-corrected chi connectivity index (χ1v) is 8.90. The molecule has 1 aliphatic rings. The molecule has 2 aromatic rings. The number of amides is 1. The number of hydrogen-bond donors (Lipinski definition) is 2. The van der Waals surface area contributed by atoms with Gasteiger partial charge in [0.25, 0.3) is 5.91 Å². The van der Waals surface area contributed by atoms with E-state index in [-0.39, 0.29) is 12.5 Å². The number of carbonyl (C=O) groups excluding carboxylic acids is 1. The summed E-state index contributed by atoms with van der Waals surface area (Å²) in [4.78, 5) is 12.1. The minimum absolute atomic E-state index is 0.00800. The largest absolute Gasteiger partial charge is 0.483 e. The van der Waals surface area contributed by atoms with Gasteiger partial charge in [0.2, 0.25) is 0 Å². The van der Waals surface area contributed by atoms with Gasteiger partial charge < -0.3 is 15.4 Å². The van der Waals surface area contributed by atoms with E-state index >= 15 is 0 Å². The van der Waals surface area contributed by atoms with E-state index in [0.717, 1.165) is 33.6 Å². The van der Waals surface area contributed by atoms with Crippen LogP contribution < -0.4 is 15.4 Å². The highest BCUT2D eigenvalue weighted by Crippen LogP contribution is 2.25. The second kappa shape index (κ2) is 7.81. The highest BCUT2D eigenvalue weighted by Gasteiger charge is 2.20. The van der Waals surface area contributed by atoms with Crippen molar-refractivity contribution in [1.29, 1.82) is 0 Å². The Morgan fingerprint density at radius 3 is 2.67 bits per heavy atom. The lowest BCUT2D eigenvalue weighted by atomic mass is 10.2. The molecule has 1 aliphatic carbocycles. The number of ether oxygens (including phenoxy) is 1.